The van der Waals surface area contributed by atoms with Crippen molar-refractivity contribution < 1.29 is 14.7 Å². The van der Waals surface area contributed by atoms with E-state index in [4.69, 9.17) is 0 Å². The lowest BCUT2D eigenvalue weighted by atomic mass is 10.1. The van der Waals surface area contributed by atoms with Crippen LogP contribution in [0.25, 0.3) is 5.69 Å². The monoisotopic (exact) mass is 327 g/mol. The zero-order valence-electron chi connectivity index (χ0n) is 14.0. The fourth-order valence-electron chi connectivity index (χ4n) is 2.41. The Hall–Kier alpha value is -2.89. The molecule has 0 aliphatic carbocycles. The average Bonchev–Trinajstić information content (AvgIpc) is 2.93. The molecule has 2 rings (SSSR count). The number of carboxylic acid groups (broad SMARTS) is 1. The minimum absolute atomic E-state index is 0.239. The molecular formula is C18H21N3O3. The minimum Gasteiger partial charge on any atom is -0.480 e. The highest BCUT2D eigenvalue weighted by Gasteiger charge is 2.22. The number of nitrogens with zero attached hydrogens (tertiary/aromatic N) is 2. The van der Waals surface area contributed by atoms with E-state index < -0.39 is 17.9 Å². The van der Waals surface area contributed by atoms with Crippen LogP contribution >= 0.6 is 0 Å². The topological polar surface area (TPSA) is 84.2 Å². The van der Waals surface area contributed by atoms with Gasteiger partial charge in [-0.3, -0.25) is 4.79 Å². The first-order valence-corrected chi connectivity index (χ1v) is 7.71. The molecule has 126 valence electrons. The van der Waals surface area contributed by atoms with E-state index in [0.717, 1.165) is 11.3 Å². The molecule has 0 saturated carbocycles. The standard InChI is InChI=1S/C18H21N3O3/c1-4-5-9-15(18(23)24)20-17(22)14-11-19-21(13(14)3)16-10-7-6-8-12(16)2/h4-8,10-11,15H,9H2,1-3H3,(H,20,22)(H,23,24)/b5-4+. The Kier molecular flexibility index (Phi) is 5.52. The zero-order chi connectivity index (χ0) is 17.7. The summed E-state index contributed by atoms with van der Waals surface area (Å²) < 4.78 is 1.69. The predicted octanol–water partition coefficient (Wildman–Crippen LogP) is 2.64. The molecule has 0 radical (unpaired) electrons. The molecule has 1 amide bonds. The third kappa shape index (κ3) is 3.71. The van der Waals surface area contributed by atoms with Gasteiger partial charge < -0.3 is 10.4 Å². The summed E-state index contributed by atoms with van der Waals surface area (Å²) in [4.78, 5) is 23.7. The Morgan fingerprint density at radius 3 is 2.67 bits per heavy atom. The van der Waals surface area contributed by atoms with Crippen molar-refractivity contribution in [1.29, 1.82) is 0 Å². The maximum atomic E-state index is 12.4. The average molecular weight is 327 g/mol. The molecule has 6 nitrogen and oxygen atoms in total. The van der Waals surface area contributed by atoms with E-state index in [-0.39, 0.29) is 6.42 Å². The van der Waals surface area contributed by atoms with Gasteiger partial charge >= 0.3 is 5.97 Å². The molecule has 1 heterocycles. The van der Waals surface area contributed by atoms with Gasteiger partial charge in [0, 0.05) is 0 Å². The number of amides is 1. The molecule has 1 atom stereocenters. The summed E-state index contributed by atoms with van der Waals surface area (Å²) in [6.45, 7) is 5.56. The van der Waals surface area contributed by atoms with E-state index in [1.54, 1.807) is 30.7 Å². The number of para-hydroxylation sites is 1. The Balaban J connectivity index is 2.25. The molecule has 6 heteroatoms. The zero-order valence-corrected chi connectivity index (χ0v) is 14.0. The number of carboxylic acids is 1. The Morgan fingerprint density at radius 1 is 1.33 bits per heavy atom. The molecule has 24 heavy (non-hydrogen) atoms. The summed E-state index contributed by atoms with van der Waals surface area (Å²) in [7, 11) is 0. The van der Waals surface area contributed by atoms with Crippen LogP contribution in [-0.2, 0) is 4.79 Å². The normalized spacial score (nSPS) is 12.3. The van der Waals surface area contributed by atoms with Crippen molar-refractivity contribution in [3.05, 3.63) is 59.4 Å². The van der Waals surface area contributed by atoms with Gasteiger partial charge in [-0.1, -0.05) is 30.4 Å². The highest BCUT2D eigenvalue weighted by molar-refractivity contribution is 5.97. The van der Waals surface area contributed by atoms with E-state index in [1.807, 2.05) is 31.2 Å². The molecule has 0 aliphatic heterocycles. The Bertz CT molecular complexity index is 778. The van der Waals surface area contributed by atoms with Gasteiger partial charge in [0.1, 0.15) is 6.04 Å². The fourth-order valence-corrected chi connectivity index (χ4v) is 2.41. The van der Waals surface area contributed by atoms with E-state index in [0.29, 0.717) is 11.3 Å². The predicted molar refractivity (Wildman–Crippen MR) is 91.4 cm³/mol. The minimum atomic E-state index is -1.06. The summed E-state index contributed by atoms with van der Waals surface area (Å²) in [6, 6.07) is 6.76. The largest absolute Gasteiger partial charge is 0.480 e. The van der Waals surface area contributed by atoms with Crippen LogP contribution in [0.4, 0.5) is 0 Å². The van der Waals surface area contributed by atoms with E-state index in [2.05, 4.69) is 10.4 Å². The fraction of sp³-hybridized carbons (Fsp3) is 0.278. The van der Waals surface area contributed by atoms with Crippen molar-refractivity contribution in [3.8, 4) is 5.69 Å². The maximum Gasteiger partial charge on any atom is 0.326 e. The van der Waals surface area contributed by atoms with Crippen molar-refractivity contribution in [2.45, 2.75) is 33.2 Å². The summed E-state index contributed by atoms with van der Waals surface area (Å²) in [5.74, 6) is -1.50. The van der Waals surface area contributed by atoms with Crippen LogP contribution in [0, 0.1) is 13.8 Å². The number of aryl methyl sites for hydroxylation is 1. The van der Waals surface area contributed by atoms with Crippen molar-refractivity contribution in [2.24, 2.45) is 0 Å². The SMILES string of the molecule is C/C=C/CC(NC(=O)c1cnn(-c2ccccc2C)c1C)C(=O)O. The molecule has 0 saturated heterocycles. The molecule has 1 aromatic heterocycles. The maximum absolute atomic E-state index is 12.4. The Labute approximate surface area is 140 Å². The first kappa shape index (κ1) is 17.5. The van der Waals surface area contributed by atoms with Crippen LogP contribution in [0.2, 0.25) is 0 Å². The second-order valence-corrected chi connectivity index (χ2v) is 5.51. The second-order valence-electron chi connectivity index (χ2n) is 5.51. The molecule has 1 unspecified atom stereocenters. The van der Waals surface area contributed by atoms with Crippen LogP contribution in [0.5, 0.6) is 0 Å². The molecule has 1 aromatic carbocycles. The summed E-state index contributed by atoms with van der Waals surface area (Å²) in [6.07, 6.45) is 5.17. The lowest BCUT2D eigenvalue weighted by Gasteiger charge is -2.13. The molecule has 0 fully saturated rings. The van der Waals surface area contributed by atoms with Crippen molar-refractivity contribution >= 4 is 11.9 Å². The number of carbonyl (C=O) groups excluding carboxylic acids is 1. The highest BCUT2D eigenvalue weighted by Crippen LogP contribution is 2.17. The van der Waals surface area contributed by atoms with Gasteiger partial charge in [-0.25, -0.2) is 9.48 Å². The van der Waals surface area contributed by atoms with Gasteiger partial charge in [-0.2, -0.15) is 5.10 Å². The van der Waals surface area contributed by atoms with Crippen molar-refractivity contribution in [1.82, 2.24) is 15.1 Å². The van der Waals surface area contributed by atoms with Gasteiger partial charge in [0.2, 0.25) is 0 Å². The molecule has 0 bridgehead atoms. The number of rotatable bonds is 6. The van der Waals surface area contributed by atoms with E-state index >= 15 is 0 Å². The number of benzene rings is 1. The first-order chi connectivity index (χ1) is 11.5. The third-order valence-electron chi connectivity index (χ3n) is 3.81. The van der Waals surface area contributed by atoms with Crippen molar-refractivity contribution in [2.75, 3.05) is 0 Å². The number of hydrogen-bond acceptors (Lipinski definition) is 3. The highest BCUT2D eigenvalue weighted by atomic mass is 16.4. The second kappa shape index (κ2) is 7.59. The number of hydrogen-bond donors (Lipinski definition) is 2. The summed E-state index contributed by atoms with van der Waals surface area (Å²) in [5.41, 5.74) is 2.95. The number of carbonyl (C=O) groups is 2. The van der Waals surface area contributed by atoms with Crippen LogP contribution in [-0.4, -0.2) is 32.8 Å². The number of aliphatic carboxylic acids is 1. The van der Waals surface area contributed by atoms with Crippen molar-refractivity contribution in [3.63, 3.8) is 0 Å². The van der Waals surface area contributed by atoms with Crippen LogP contribution in [0.3, 0.4) is 0 Å². The van der Waals surface area contributed by atoms with E-state index in [1.165, 1.54) is 6.20 Å². The molecular weight excluding hydrogens is 306 g/mol. The molecule has 2 aromatic rings. The number of aromatic nitrogens is 2. The van der Waals surface area contributed by atoms with Gasteiger partial charge in [-0.05, 0) is 38.8 Å². The van der Waals surface area contributed by atoms with Gasteiger partial charge in [-0.15, -0.1) is 0 Å². The molecule has 0 spiro atoms. The lowest BCUT2D eigenvalue weighted by molar-refractivity contribution is -0.139. The van der Waals surface area contributed by atoms with E-state index in [9.17, 15) is 14.7 Å². The summed E-state index contributed by atoms with van der Waals surface area (Å²) >= 11 is 0. The Morgan fingerprint density at radius 2 is 2.04 bits per heavy atom. The van der Waals surface area contributed by atoms with Gasteiger partial charge in [0.15, 0.2) is 0 Å². The number of allylic oxidation sites excluding steroid dienone is 1. The smallest absolute Gasteiger partial charge is 0.326 e. The van der Waals surface area contributed by atoms with Gasteiger partial charge in [0.25, 0.3) is 5.91 Å². The first-order valence-electron chi connectivity index (χ1n) is 7.71. The van der Waals surface area contributed by atoms with Gasteiger partial charge in [0.05, 0.1) is 23.1 Å². The number of nitrogens with one attached hydrogen (secondary N) is 1. The third-order valence-corrected chi connectivity index (χ3v) is 3.81. The van der Waals surface area contributed by atoms with Crippen LogP contribution < -0.4 is 5.32 Å². The molecule has 0 aliphatic rings. The lowest BCUT2D eigenvalue weighted by Crippen LogP contribution is -2.40. The van der Waals surface area contributed by atoms with Crippen LogP contribution in [0.15, 0.2) is 42.6 Å². The molecule has 2 N–H and O–H groups in total. The quantitative estimate of drug-likeness (QED) is 0.799. The summed E-state index contributed by atoms with van der Waals surface area (Å²) in [5, 5.41) is 16.0. The van der Waals surface area contributed by atoms with Crippen LogP contribution in [0.1, 0.15) is 35.0 Å².